The van der Waals surface area contributed by atoms with Gasteiger partial charge in [0, 0.05) is 32.4 Å². The molecule has 0 aliphatic carbocycles. The molecule has 2 bridgehead atoms. The van der Waals surface area contributed by atoms with Crippen LogP contribution in [0, 0.1) is 0 Å². The third-order valence-electron chi connectivity index (χ3n) is 8.67. The molecule has 0 aromatic carbocycles. The normalized spacial score (nSPS) is 31.7. The summed E-state index contributed by atoms with van der Waals surface area (Å²) in [4.78, 5) is 10.3. The highest BCUT2D eigenvalue weighted by molar-refractivity contribution is 5.91. The summed E-state index contributed by atoms with van der Waals surface area (Å²) in [6.45, 7) is 5.40. The number of nitrogens with zero attached hydrogens (tertiary/aromatic N) is 5. The largest absolute Gasteiger partial charge is 0.377 e. The van der Waals surface area contributed by atoms with Crippen molar-refractivity contribution in [1.29, 1.82) is 0 Å². The Hall–Kier alpha value is -1.90. The summed E-state index contributed by atoms with van der Waals surface area (Å²) in [6.07, 6.45) is 12.3. The molecule has 7 rings (SSSR count). The van der Waals surface area contributed by atoms with Crippen molar-refractivity contribution in [3.05, 3.63) is 12.3 Å². The van der Waals surface area contributed by atoms with Crippen molar-refractivity contribution in [3.63, 3.8) is 0 Å². The van der Waals surface area contributed by atoms with Crippen LogP contribution < -0.4 is 9.80 Å². The first kappa shape index (κ1) is 20.5. The van der Waals surface area contributed by atoms with Gasteiger partial charge < -0.3 is 24.0 Å². The van der Waals surface area contributed by atoms with Gasteiger partial charge in [-0.15, -0.1) is 0 Å². The Morgan fingerprint density at radius 1 is 0.939 bits per heavy atom. The predicted molar refractivity (Wildman–Crippen MR) is 126 cm³/mol. The van der Waals surface area contributed by atoms with Crippen LogP contribution in [0.15, 0.2) is 12.3 Å². The van der Waals surface area contributed by atoms with Crippen molar-refractivity contribution in [3.8, 4) is 0 Å². The Morgan fingerprint density at radius 3 is 2.52 bits per heavy atom. The first-order valence-corrected chi connectivity index (χ1v) is 13.0. The quantitative estimate of drug-likeness (QED) is 0.703. The highest BCUT2D eigenvalue weighted by Crippen LogP contribution is 2.41. The van der Waals surface area contributed by atoms with E-state index in [1.165, 1.54) is 37.8 Å². The minimum Gasteiger partial charge on any atom is -0.377 e. The van der Waals surface area contributed by atoms with Crippen molar-refractivity contribution in [1.82, 2.24) is 14.8 Å². The summed E-state index contributed by atoms with van der Waals surface area (Å²) in [5.41, 5.74) is 2.36. The highest BCUT2D eigenvalue weighted by Gasteiger charge is 2.41. The summed E-state index contributed by atoms with van der Waals surface area (Å²) < 4.78 is 20.2. The third-order valence-corrected chi connectivity index (χ3v) is 8.67. The zero-order chi connectivity index (χ0) is 21.8. The molecule has 8 heteroatoms. The summed E-state index contributed by atoms with van der Waals surface area (Å²) in [5.74, 6) is 1.09. The van der Waals surface area contributed by atoms with Gasteiger partial charge in [-0.05, 0) is 57.8 Å². The Kier molecular flexibility index (Phi) is 5.02. The monoisotopic (exact) mass is 453 g/mol. The van der Waals surface area contributed by atoms with Crippen LogP contribution in [-0.2, 0) is 14.2 Å². The Balaban J connectivity index is 1.29. The van der Waals surface area contributed by atoms with Crippen LogP contribution in [-0.4, -0.2) is 72.0 Å². The molecule has 2 aromatic rings. The average Bonchev–Trinajstić information content (AvgIpc) is 3.56. The van der Waals surface area contributed by atoms with Crippen LogP contribution in [0.4, 0.5) is 11.5 Å². The average molecular weight is 454 g/mol. The van der Waals surface area contributed by atoms with Crippen molar-refractivity contribution in [2.75, 3.05) is 49.3 Å². The number of aromatic nitrogens is 3. The fraction of sp³-hybridized carbons (Fsp3) is 0.760. The number of hydrogen-bond acceptors (Lipinski definition) is 7. The van der Waals surface area contributed by atoms with Gasteiger partial charge in [-0.2, -0.15) is 5.10 Å². The van der Waals surface area contributed by atoms with Crippen LogP contribution in [0.5, 0.6) is 0 Å². The Morgan fingerprint density at radius 2 is 1.79 bits per heavy atom. The van der Waals surface area contributed by atoms with E-state index in [1.54, 1.807) is 0 Å². The van der Waals surface area contributed by atoms with E-state index in [0.29, 0.717) is 12.1 Å². The molecule has 5 saturated heterocycles. The van der Waals surface area contributed by atoms with Gasteiger partial charge in [0.15, 0.2) is 11.9 Å². The van der Waals surface area contributed by atoms with E-state index < -0.39 is 0 Å². The minimum atomic E-state index is -0.00947. The first-order chi connectivity index (χ1) is 16.3. The molecule has 5 aliphatic rings. The van der Waals surface area contributed by atoms with E-state index in [2.05, 4.69) is 20.5 Å². The molecule has 33 heavy (non-hydrogen) atoms. The number of ether oxygens (including phenoxy) is 3. The second kappa shape index (κ2) is 8.10. The first-order valence-electron chi connectivity index (χ1n) is 13.0. The van der Waals surface area contributed by atoms with E-state index in [4.69, 9.17) is 24.3 Å². The number of rotatable bonds is 3. The van der Waals surface area contributed by atoms with Gasteiger partial charge in [0.2, 0.25) is 0 Å². The number of pyridine rings is 1. The van der Waals surface area contributed by atoms with Gasteiger partial charge >= 0.3 is 0 Å². The van der Waals surface area contributed by atoms with Crippen molar-refractivity contribution < 1.29 is 14.2 Å². The molecule has 0 radical (unpaired) electrons. The van der Waals surface area contributed by atoms with Gasteiger partial charge in [0.05, 0.1) is 48.2 Å². The zero-order valence-electron chi connectivity index (χ0n) is 19.5. The van der Waals surface area contributed by atoms with Crippen LogP contribution >= 0.6 is 0 Å². The second-order valence-electron chi connectivity index (χ2n) is 10.6. The fourth-order valence-corrected chi connectivity index (χ4v) is 6.82. The maximum Gasteiger partial charge on any atom is 0.164 e. The van der Waals surface area contributed by atoms with Crippen molar-refractivity contribution in [2.24, 2.45) is 0 Å². The zero-order valence-corrected chi connectivity index (χ0v) is 19.5. The molecule has 5 aliphatic heterocycles. The standard InChI is InChI=1S/C25H35N5O3/c1-2-12-32-23(4-1)30-24-20(15-26-30)21(28-10-8-25(9-11-28)7-3-13-33-25)14-22(27-24)29-18-5-6-19(29)17-31-16-18/h14-15,18-19,23H,1-13,16-17H2. The summed E-state index contributed by atoms with van der Waals surface area (Å²) >= 11 is 0. The van der Waals surface area contributed by atoms with Gasteiger partial charge in [-0.1, -0.05) is 0 Å². The summed E-state index contributed by atoms with van der Waals surface area (Å²) in [5, 5.41) is 5.97. The van der Waals surface area contributed by atoms with Crippen molar-refractivity contribution in [2.45, 2.75) is 81.7 Å². The SMILES string of the molecule is c1c(N2C3CCC2COC3)nc2c(cnn2C2CCCCO2)c1N1CCC2(CCCO2)CC1. The molecule has 0 N–H and O–H groups in total. The predicted octanol–water partition coefficient (Wildman–Crippen LogP) is 3.65. The molecule has 178 valence electrons. The number of anilines is 2. The van der Waals surface area contributed by atoms with Gasteiger partial charge in [0.1, 0.15) is 5.82 Å². The number of piperidine rings is 1. The van der Waals surface area contributed by atoms with Crippen LogP contribution in [0.25, 0.3) is 11.0 Å². The molecule has 3 unspecified atom stereocenters. The molecule has 1 spiro atoms. The van der Waals surface area contributed by atoms with E-state index in [1.807, 2.05) is 6.20 Å². The Bertz CT molecular complexity index is 987. The molecule has 8 nitrogen and oxygen atoms in total. The lowest BCUT2D eigenvalue weighted by atomic mass is 9.88. The number of morpholine rings is 1. The number of hydrogen-bond donors (Lipinski definition) is 0. The van der Waals surface area contributed by atoms with Gasteiger partial charge in [-0.25, -0.2) is 9.67 Å². The van der Waals surface area contributed by atoms with E-state index in [-0.39, 0.29) is 11.8 Å². The van der Waals surface area contributed by atoms with Crippen LogP contribution in [0.1, 0.15) is 64.0 Å². The molecule has 5 fully saturated rings. The lowest BCUT2D eigenvalue weighted by Gasteiger charge is -2.40. The third kappa shape index (κ3) is 3.44. The van der Waals surface area contributed by atoms with Crippen molar-refractivity contribution >= 4 is 22.5 Å². The fourth-order valence-electron chi connectivity index (χ4n) is 6.82. The summed E-state index contributed by atoms with van der Waals surface area (Å²) in [7, 11) is 0. The molecule has 7 heterocycles. The maximum atomic E-state index is 6.20. The minimum absolute atomic E-state index is 0.00947. The molecule has 0 amide bonds. The van der Waals surface area contributed by atoms with Gasteiger partial charge in [0.25, 0.3) is 0 Å². The molecular formula is C25H35N5O3. The lowest BCUT2D eigenvalue weighted by Crippen LogP contribution is -2.47. The smallest absolute Gasteiger partial charge is 0.164 e. The van der Waals surface area contributed by atoms with E-state index in [0.717, 1.165) is 82.1 Å². The van der Waals surface area contributed by atoms with Crippen LogP contribution in [0.3, 0.4) is 0 Å². The molecular weight excluding hydrogens is 418 g/mol. The van der Waals surface area contributed by atoms with Gasteiger partial charge in [-0.3, -0.25) is 0 Å². The topological polar surface area (TPSA) is 64.9 Å². The molecule has 3 atom stereocenters. The Labute approximate surface area is 195 Å². The lowest BCUT2D eigenvalue weighted by molar-refractivity contribution is -0.0370. The number of fused-ring (bicyclic) bond motifs is 3. The second-order valence-corrected chi connectivity index (χ2v) is 10.6. The maximum absolute atomic E-state index is 6.20. The highest BCUT2D eigenvalue weighted by atomic mass is 16.5. The molecule has 0 saturated carbocycles. The van der Waals surface area contributed by atoms with E-state index >= 15 is 0 Å². The summed E-state index contributed by atoms with van der Waals surface area (Å²) in [6, 6.07) is 3.20. The molecule has 2 aromatic heterocycles. The van der Waals surface area contributed by atoms with Crippen LogP contribution in [0.2, 0.25) is 0 Å². The van der Waals surface area contributed by atoms with E-state index in [9.17, 15) is 0 Å².